The second-order valence-electron chi connectivity index (χ2n) is 7.17. The van der Waals surface area contributed by atoms with Gasteiger partial charge in [0.15, 0.2) is 11.6 Å². The first kappa shape index (κ1) is 19.5. The first-order valence-corrected chi connectivity index (χ1v) is 9.07. The molecule has 2 aliphatic rings. The van der Waals surface area contributed by atoms with Gasteiger partial charge >= 0.3 is 5.97 Å². The third kappa shape index (κ3) is 3.48. The number of hydrogen-bond donors (Lipinski definition) is 0. The third-order valence-corrected chi connectivity index (χ3v) is 5.81. The van der Waals surface area contributed by atoms with Crippen LogP contribution in [0, 0.1) is 17.6 Å². The smallest absolute Gasteiger partial charge is 0.311 e. The Morgan fingerprint density at radius 2 is 2.07 bits per heavy atom. The number of nitrogens with zero attached hydrogens (tertiary/aromatic N) is 2. The molecule has 0 bridgehead atoms. The van der Waals surface area contributed by atoms with Gasteiger partial charge in [-0.25, -0.2) is 8.78 Å². The molecule has 1 spiro atoms. The Morgan fingerprint density at radius 1 is 1.37 bits per heavy atom. The molecule has 2 heterocycles. The van der Waals surface area contributed by atoms with E-state index >= 15 is 0 Å². The van der Waals surface area contributed by atoms with Crippen molar-refractivity contribution in [2.24, 2.45) is 5.92 Å². The molecule has 2 aliphatic heterocycles. The van der Waals surface area contributed by atoms with Crippen LogP contribution < -0.4 is 0 Å². The van der Waals surface area contributed by atoms with Crippen molar-refractivity contribution in [2.75, 3.05) is 26.7 Å². The molecule has 7 heteroatoms. The zero-order valence-corrected chi connectivity index (χ0v) is 15.4. The number of rotatable bonds is 5. The SMILES string of the molecule is C=CCN1C(=O)CC(C(=O)OC)C12CCN(Cc1cccc(F)c1F)CC2. The largest absolute Gasteiger partial charge is 0.469 e. The monoisotopic (exact) mass is 378 g/mol. The molecule has 0 saturated carbocycles. The van der Waals surface area contributed by atoms with E-state index in [0.29, 0.717) is 38.0 Å². The lowest BCUT2D eigenvalue weighted by molar-refractivity contribution is -0.150. The van der Waals surface area contributed by atoms with Crippen LogP contribution in [-0.2, 0) is 20.9 Å². The van der Waals surface area contributed by atoms with Crippen molar-refractivity contribution in [3.63, 3.8) is 0 Å². The van der Waals surface area contributed by atoms with Gasteiger partial charge in [0, 0.05) is 38.2 Å². The van der Waals surface area contributed by atoms with Crippen molar-refractivity contribution in [3.8, 4) is 0 Å². The highest BCUT2D eigenvalue weighted by atomic mass is 19.2. The molecule has 1 aromatic rings. The average molecular weight is 378 g/mol. The minimum Gasteiger partial charge on any atom is -0.469 e. The number of likely N-dealkylation sites (tertiary alicyclic amines) is 2. The number of halogens is 2. The van der Waals surface area contributed by atoms with Crippen LogP contribution in [0.1, 0.15) is 24.8 Å². The van der Waals surface area contributed by atoms with Crippen LogP contribution in [0.4, 0.5) is 8.78 Å². The normalized spacial score (nSPS) is 22.3. The van der Waals surface area contributed by atoms with E-state index in [9.17, 15) is 18.4 Å². The maximum absolute atomic E-state index is 14.0. The summed E-state index contributed by atoms with van der Waals surface area (Å²) in [5.74, 6) is -2.64. The Hall–Kier alpha value is -2.28. The molecule has 2 saturated heterocycles. The summed E-state index contributed by atoms with van der Waals surface area (Å²) in [6.45, 7) is 5.53. The van der Waals surface area contributed by atoms with Gasteiger partial charge < -0.3 is 9.64 Å². The highest BCUT2D eigenvalue weighted by molar-refractivity contribution is 5.89. The quantitative estimate of drug-likeness (QED) is 0.584. The second kappa shape index (κ2) is 7.76. The number of piperidine rings is 1. The summed E-state index contributed by atoms with van der Waals surface area (Å²) < 4.78 is 32.3. The Kier molecular flexibility index (Phi) is 5.60. The molecule has 5 nitrogen and oxygen atoms in total. The summed E-state index contributed by atoms with van der Waals surface area (Å²) in [7, 11) is 1.33. The molecule has 0 aromatic heterocycles. The van der Waals surface area contributed by atoms with Gasteiger partial charge in [-0.05, 0) is 18.9 Å². The van der Waals surface area contributed by atoms with Gasteiger partial charge in [-0.15, -0.1) is 6.58 Å². The van der Waals surface area contributed by atoms with Crippen LogP contribution in [0.2, 0.25) is 0 Å². The first-order valence-electron chi connectivity index (χ1n) is 9.07. The van der Waals surface area contributed by atoms with Gasteiger partial charge in [-0.3, -0.25) is 14.5 Å². The molecule has 1 atom stereocenters. The van der Waals surface area contributed by atoms with Crippen molar-refractivity contribution in [1.82, 2.24) is 9.80 Å². The molecule has 27 heavy (non-hydrogen) atoms. The number of methoxy groups -OCH3 is 1. The summed E-state index contributed by atoms with van der Waals surface area (Å²) in [5.41, 5.74) is -0.295. The molecule has 1 unspecified atom stereocenters. The van der Waals surface area contributed by atoms with E-state index in [-0.39, 0.29) is 24.8 Å². The fourth-order valence-electron chi connectivity index (χ4n) is 4.40. The van der Waals surface area contributed by atoms with Gasteiger partial charge in [-0.2, -0.15) is 0 Å². The predicted molar refractivity (Wildman–Crippen MR) is 95.6 cm³/mol. The fraction of sp³-hybridized carbons (Fsp3) is 0.500. The number of amides is 1. The molecule has 1 amide bonds. The summed E-state index contributed by atoms with van der Waals surface area (Å²) in [6, 6.07) is 4.17. The number of hydrogen-bond acceptors (Lipinski definition) is 4. The maximum atomic E-state index is 14.0. The number of ether oxygens (including phenoxy) is 1. The van der Waals surface area contributed by atoms with Crippen molar-refractivity contribution < 1.29 is 23.1 Å². The fourth-order valence-corrected chi connectivity index (χ4v) is 4.40. The Morgan fingerprint density at radius 3 is 2.70 bits per heavy atom. The minimum absolute atomic E-state index is 0.0741. The Bertz CT molecular complexity index is 745. The van der Waals surface area contributed by atoms with E-state index in [1.54, 1.807) is 17.0 Å². The zero-order chi connectivity index (χ0) is 19.6. The van der Waals surface area contributed by atoms with E-state index in [2.05, 4.69) is 6.58 Å². The summed E-state index contributed by atoms with van der Waals surface area (Å²) >= 11 is 0. The van der Waals surface area contributed by atoms with E-state index < -0.39 is 23.1 Å². The molecular formula is C20H24F2N2O3. The molecule has 0 radical (unpaired) electrons. The maximum Gasteiger partial charge on any atom is 0.311 e. The van der Waals surface area contributed by atoms with Crippen molar-refractivity contribution in [1.29, 1.82) is 0 Å². The molecular weight excluding hydrogens is 354 g/mol. The van der Waals surface area contributed by atoms with Crippen molar-refractivity contribution >= 4 is 11.9 Å². The number of benzene rings is 1. The molecule has 2 fully saturated rings. The highest BCUT2D eigenvalue weighted by Crippen LogP contribution is 2.44. The minimum atomic E-state index is -0.856. The van der Waals surface area contributed by atoms with Crippen LogP contribution in [0.25, 0.3) is 0 Å². The lowest BCUT2D eigenvalue weighted by atomic mass is 9.76. The Balaban J connectivity index is 1.77. The second-order valence-corrected chi connectivity index (χ2v) is 7.17. The van der Waals surface area contributed by atoms with Crippen LogP contribution in [0.3, 0.4) is 0 Å². The van der Waals surface area contributed by atoms with Crippen LogP contribution in [0.5, 0.6) is 0 Å². The standard InChI is InChI=1S/C20H24F2N2O3/c1-3-9-24-17(25)12-15(19(26)27-2)20(24)7-10-23(11-8-20)13-14-5-4-6-16(21)18(14)22/h3-6,15H,1,7-13H2,2H3. The number of carbonyl (C=O) groups is 2. The third-order valence-electron chi connectivity index (χ3n) is 5.81. The molecule has 1 aromatic carbocycles. The number of esters is 1. The molecule has 3 rings (SSSR count). The van der Waals surface area contributed by atoms with Crippen molar-refractivity contribution in [3.05, 3.63) is 48.1 Å². The van der Waals surface area contributed by atoms with Gasteiger partial charge in [0.25, 0.3) is 0 Å². The lowest BCUT2D eigenvalue weighted by Crippen LogP contribution is -2.57. The molecule has 146 valence electrons. The Labute approximate surface area is 157 Å². The predicted octanol–water partition coefficient (Wildman–Crippen LogP) is 2.51. The zero-order valence-electron chi connectivity index (χ0n) is 15.4. The van der Waals surface area contributed by atoms with E-state index in [1.165, 1.54) is 13.2 Å². The van der Waals surface area contributed by atoms with Gasteiger partial charge in [-0.1, -0.05) is 18.2 Å². The first-order chi connectivity index (χ1) is 12.9. The van der Waals surface area contributed by atoms with Crippen LogP contribution in [0.15, 0.2) is 30.9 Å². The number of carbonyl (C=O) groups excluding carboxylic acids is 2. The van der Waals surface area contributed by atoms with Crippen LogP contribution >= 0.6 is 0 Å². The van der Waals surface area contributed by atoms with Gasteiger partial charge in [0.1, 0.15) is 0 Å². The van der Waals surface area contributed by atoms with E-state index in [4.69, 9.17) is 4.74 Å². The van der Waals surface area contributed by atoms with Gasteiger partial charge in [0.05, 0.1) is 18.6 Å². The highest BCUT2D eigenvalue weighted by Gasteiger charge is 2.56. The average Bonchev–Trinajstić information content (AvgIpc) is 2.93. The van der Waals surface area contributed by atoms with E-state index in [1.807, 2.05) is 4.90 Å². The summed E-state index contributed by atoms with van der Waals surface area (Å²) in [6.07, 6.45) is 2.94. The lowest BCUT2D eigenvalue weighted by Gasteiger charge is -2.46. The van der Waals surface area contributed by atoms with Gasteiger partial charge in [0.2, 0.25) is 5.91 Å². The topological polar surface area (TPSA) is 49.9 Å². The summed E-state index contributed by atoms with van der Waals surface area (Å²) in [5, 5.41) is 0. The van der Waals surface area contributed by atoms with Crippen LogP contribution in [-0.4, -0.2) is 54.0 Å². The van der Waals surface area contributed by atoms with E-state index in [0.717, 1.165) is 6.07 Å². The molecule has 0 N–H and O–H groups in total. The molecule has 0 aliphatic carbocycles. The summed E-state index contributed by atoms with van der Waals surface area (Å²) in [4.78, 5) is 28.6. The van der Waals surface area contributed by atoms with Crippen molar-refractivity contribution in [2.45, 2.75) is 31.3 Å².